The molecule has 0 aliphatic carbocycles. The molecule has 0 bridgehead atoms. The minimum absolute atomic E-state index is 0.368. The number of aromatic nitrogens is 4. The third-order valence-corrected chi connectivity index (χ3v) is 2.23. The summed E-state index contributed by atoms with van der Waals surface area (Å²) in [6.45, 7) is 8.16. The van der Waals surface area contributed by atoms with Gasteiger partial charge in [0.25, 0.3) is 0 Å². The summed E-state index contributed by atoms with van der Waals surface area (Å²) in [5.41, 5.74) is 2.06. The van der Waals surface area contributed by atoms with Crippen LogP contribution in [0, 0.1) is 0 Å². The van der Waals surface area contributed by atoms with Gasteiger partial charge < -0.3 is 0 Å². The van der Waals surface area contributed by atoms with E-state index in [1.165, 1.54) is 0 Å². The van der Waals surface area contributed by atoms with E-state index in [0.29, 0.717) is 5.92 Å². The molecule has 2 aromatic rings. The molecule has 2 rings (SSSR count). The molecule has 0 amide bonds. The van der Waals surface area contributed by atoms with E-state index in [1.54, 1.807) is 4.68 Å². The Bertz CT molecular complexity index is 443. The van der Waals surface area contributed by atoms with Crippen molar-refractivity contribution in [1.82, 2.24) is 19.7 Å². The molecule has 92 valence electrons. The van der Waals surface area contributed by atoms with Crippen molar-refractivity contribution in [3.63, 3.8) is 0 Å². The minimum Gasteiger partial charge on any atom is -0.275 e. The van der Waals surface area contributed by atoms with E-state index in [9.17, 15) is 0 Å². The maximum absolute atomic E-state index is 4.32. The molecule has 2 aromatic heterocycles. The van der Waals surface area contributed by atoms with Gasteiger partial charge in [0.1, 0.15) is 5.82 Å². The smallest absolute Gasteiger partial charge is 0.130 e. The third kappa shape index (κ3) is 3.37. The lowest BCUT2D eigenvalue weighted by Crippen LogP contribution is -1.96. The first-order chi connectivity index (χ1) is 8.16. The van der Waals surface area contributed by atoms with Crippen molar-refractivity contribution in [3.05, 3.63) is 30.6 Å². The Balaban J connectivity index is 0.000000686. The fourth-order valence-corrected chi connectivity index (χ4v) is 1.36. The molecule has 0 unspecified atom stereocenters. The molecule has 4 heteroatoms. The van der Waals surface area contributed by atoms with Gasteiger partial charge in [-0.1, -0.05) is 27.7 Å². The summed E-state index contributed by atoms with van der Waals surface area (Å²) in [6.07, 6.45) is 7.46. The number of aryl methyl sites for hydroxylation is 1. The highest BCUT2D eigenvalue weighted by Crippen LogP contribution is 2.17. The average molecular weight is 232 g/mol. The zero-order valence-electron chi connectivity index (χ0n) is 11.2. The van der Waals surface area contributed by atoms with Crippen LogP contribution < -0.4 is 0 Å². The highest BCUT2D eigenvalue weighted by Gasteiger charge is 2.04. The van der Waals surface area contributed by atoms with Crippen LogP contribution in [0.1, 0.15) is 39.4 Å². The van der Waals surface area contributed by atoms with E-state index in [-0.39, 0.29) is 0 Å². The van der Waals surface area contributed by atoms with Crippen LogP contribution in [0.3, 0.4) is 0 Å². The summed E-state index contributed by atoms with van der Waals surface area (Å²) in [6, 6.07) is 0. The zero-order chi connectivity index (χ0) is 12.8. The van der Waals surface area contributed by atoms with Crippen LogP contribution in [-0.4, -0.2) is 19.7 Å². The maximum atomic E-state index is 4.32. The van der Waals surface area contributed by atoms with Crippen LogP contribution in [-0.2, 0) is 7.05 Å². The van der Waals surface area contributed by atoms with Gasteiger partial charge in [-0.3, -0.25) is 4.68 Å². The van der Waals surface area contributed by atoms with E-state index < -0.39 is 0 Å². The number of hydrogen-bond donors (Lipinski definition) is 0. The van der Waals surface area contributed by atoms with Crippen molar-refractivity contribution in [2.24, 2.45) is 7.05 Å². The van der Waals surface area contributed by atoms with Gasteiger partial charge in [-0.05, 0) is 0 Å². The van der Waals surface area contributed by atoms with Crippen LogP contribution >= 0.6 is 0 Å². The van der Waals surface area contributed by atoms with Crippen molar-refractivity contribution >= 4 is 0 Å². The Labute approximate surface area is 103 Å². The number of nitrogens with zero attached hydrogens (tertiary/aromatic N) is 4. The van der Waals surface area contributed by atoms with Crippen molar-refractivity contribution in [3.8, 4) is 11.1 Å². The normalized spacial score (nSPS) is 10.0. The summed E-state index contributed by atoms with van der Waals surface area (Å²) in [4.78, 5) is 8.63. The summed E-state index contributed by atoms with van der Waals surface area (Å²) >= 11 is 0. The molecule has 0 aliphatic rings. The predicted octanol–water partition coefficient (Wildman–Crippen LogP) is 3.03. The van der Waals surface area contributed by atoms with E-state index in [4.69, 9.17) is 0 Å². The van der Waals surface area contributed by atoms with Crippen molar-refractivity contribution in [2.45, 2.75) is 33.6 Å². The lowest BCUT2D eigenvalue weighted by molar-refractivity contribution is 0.767. The van der Waals surface area contributed by atoms with Crippen LogP contribution in [0.15, 0.2) is 24.8 Å². The highest BCUT2D eigenvalue weighted by atomic mass is 15.2. The van der Waals surface area contributed by atoms with Gasteiger partial charge in [-0.25, -0.2) is 9.97 Å². The molecule has 0 fully saturated rings. The molecule has 0 aliphatic heterocycles. The monoisotopic (exact) mass is 232 g/mol. The third-order valence-electron chi connectivity index (χ3n) is 2.23. The van der Waals surface area contributed by atoms with Crippen LogP contribution in [0.5, 0.6) is 0 Å². The molecule has 0 saturated carbocycles. The van der Waals surface area contributed by atoms with E-state index in [2.05, 4.69) is 28.9 Å². The van der Waals surface area contributed by atoms with Gasteiger partial charge in [-0.15, -0.1) is 0 Å². The summed E-state index contributed by atoms with van der Waals surface area (Å²) in [5.74, 6) is 1.25. The van der Waals surface area contributed by atoms with E-state index >= 15 is 0 Å². The highest BCUT2D eigenvalue weighted by molar-refractivity contribution is 5.59. The molecule has 0 N–H and O–H groups in total. The maximum Gasteiger partial charge on any atom is 0.130 e. The van der Waals surface area contributed by atoms with Gasteiger partial charge in [-0.2, -0.15) is 5.10 Å². The minimum atomic E-state index is 0.368. The van der Waals surface area contributed by atoms with Gasteiger partial charge in [0.05, 0.1) is 6.20 Å². The van der Waals surface area contributed by atoms with Crippen LogP contribution in [0.2, 0.25) is 0 Å². The van der Waals surface area contributed by atoms with E-state index in [1.807, 2.05) is 45.7 Å². The Hall–Kier alpha value is -1.71. The Morgan fingerprint density at radius 3 is 2.00 bits per heavy atom. The quantitative estimate of drug-likeness (QED) is 0.799. The summed E-state index contributed by atoms with van der Waals surface area (Å²) < 4.78 is 1.77. The molecular weight excluding hydrogens is 212 g/mol. The average Bonchev–Trinajstić information content (AvgIpc) is 2.79. The molecule has 0 spiro atoms. The van der Waals surface area contributed by atoms with Crippen LogP contribution in [0.25, 0.3) is 11.1 Å². The topological polar surface area (TPSA) is 43.6 Å². The first kappa shape index (κ1) is 13.4. The lowest BCUT2D eigenvalue weighted by Gasteiger charge is -2.02. The lowest BCUT2D eigenvalue weighted by atomic mass is 10.2. The standard InChI is InChI=1S/C11H14N4.C2H6/c1-8(2)11-12-4-9(5-13-11)10-6-14-15(3)7-10;1-2/h4-8H,1-3H3;1-2H3. The molecule has 2 heterocycles. The molecule has 4 nitrogen and oxygen atoms in total. The second-order valence-corrected chi connectivity index (χ2v) is 3.89. The van der Waals surface area contributed by atoms with E-state index in [0.717, 1.165) is 17.0 Å². The number of hydrogen-bond acceptors (Lipinski definition) is 3. The fraction of sp³-hybridized carbons (Fsp3) is 0.462. The van der Waals surface area contributed by atoms with Gasteiger partial charge >= 0.3 is 0 Å². The zero-order valence-corrected chi connectivity index (χ0v) is 11.2. The number of rotatable bonds is 2. The fourth-order valence-electron chi connectivity index (χ4n) is 1.36. The van der Waals surface area contributed by atoms with Crippen molar-refractivity contribution in [2.75, 3.05) is 0 Å². The first-order valence-corrected chi connectivity index (χ1v) is 5.98. The second kappa shape index (κ2) is 6.13. The SMILES string of the molecule is CC.CC(C)c1ncc(-c2cnn(C)c2)cn1. The Morgan fingerprint density at radius 1 is 1.00 bits per heavy atom. The van der Waals surface area contributed by atoms with Gasteiger partial charge in [0.2, 0.25) is 0 Å². The summed E-state index contributed by atoms with van der Waals surface area (Å²) in [5, 5.41) is 4.11. The van der Waals surface area contributed by atoms with Crippen LogP contribution in [0.4, 0.5) is 0 Å². The molecule has 0 aromatic carbocycles. The molecule has 17 heavy (non-hydrogen) atoms. The van der Waals surface area contributed by atoms with Crippen molar-refractivity contribution in [1.29, 1.82) is 0 Å². The first-order valence-electron chi connectivity index (χ1n) is 5.98. The molecule has 0 saturated heterocycles. The molecular formula is C13H20N4. The summed E-state index contributed by atoms with van der Waals surface area (Å²) in [7, 11) is 1.90. The molecule has 0 radical (unpaired) electrons. The Morgan fingerprint density at radius 2 is 1.59 bits per heavy atom. The second-order valence-electron chi connectivity index (χ2n) is 3.89. The predicted molar refractivity (Wildman–Crippen MR) is 69.7 cm³/mol. The largest absolute Gasteiger partial charge is 0.275 e. The molecule has 0 atom stereocenters. The van der Waals surface area contributed by atoms with Gasteiger partial charge in [0.15, 0.2) is 0 Å². The van der Waals surface area contributed by atoms with Crippen molar-refractivity contribution < 1.29 is 0 Å². The Kier molecular flexibility index (Phi) is 4.82. The van der Waals surface area contributed by atoms with Gasteiger partial charge in [0, 0.05) is 42.7 Å².